The van der Waals surface area contributed by atoms with Crippen molar-refractivity contribution in [1.29, 1.82) is 0 Å². The molecule has 132 valence electrons. The zero-order valence-electron chi connectivity index (χ0n) is 14.7. The Morgan fingerprint density at radius 2 is 1.88 bits per heavy atom. The largest absolute Gasteiger partial charge is 0.392 e. The summed E-state index contributed by atoms with van der Waals surface area (Å²) in [7, 11) is 0. The average Bonchev–Trinajstić information content (AvgIpc) is 2.73. The van der Waals surface area contributed by atoms with E-state index in [1.807, 2.05) is 6.92 Å². The maximum absolute atomic E-state index is 12.5. The molecule has 0 aromatic heterocycles. The van der Waals surface area contributed by atoms with Crippen LogP contribution in [0.25, 0.3) is 0 Å². The Balaban J connectivity index is 1.88. The van der Waals surface area contributed by atoms with Gasteiger partial charge in [0.25, 0.3) is 0 Å². The summed E-state index contributed by atoms with van der Waals surface area (Å²) in [5.41, 5.74) is -1.04. The van der Waals surface area contributed by atoms with Gasteiger partial charge >= 0.3 is 0 Å². The van der Waals surface area contributed by atoms with Crippen LogP contribution in [0.5, 0.6) is 0 Å². The fourth-order valence-electron chi connectivity index (χ4n) is 6.45. The molecular formula is C20H28O4. The Labute approximate surface area is 143 Å². The quantitative estimate of drug-likeness (QED) is 0.593. The summed E-state index contributed by atoms with van der Waals surface area (Å²) in [6, 6.07) is 0. The molecule has 3 saturated carbocycles. The molecule has 4 aliphatic carbocycles. The van der Waals surface area contributed by atoms with E-state index in [1.54, 1.807) is 13.8 Å². The van der Waals surface area contributed by atoms with E-state index in [2.05, 4.69) is 12.7 Å². The fraction of sp³-hybridized carbons (Fsp3) is 0.750. The van der Waals surface area contributed by atoms with E-state index in [4.69, 9.17) is 0 Å². The molecule has 24 heavy (non-hydrogen) atoms. The van der Waals surface area contributed by atoms with Crippen LogP contribution in [0, 0.1) is 28.6 Å². The smallest absolute Gasteiger partial charge is 0.142 e. The molecule has 0 amide bonds. The lowest BCUT2D eigenvalue weighted by atomic mass is 9.61. The normalized spacial score (nSPS) is 52.6. The number of aliphatic hydroxyl groups excluding tert-OH is 2. The Hall–Kier alpha value is -0.970. The maximum Gasteiger partial charge on any atom is 0.142 e. The van der Waals surface area contributed by atoms with Gasteiger partial charge in [-0.2, -0.15) is 0 Å². The van der Waals surface area contributed by atoms with Crippen LogP contribution in [-0.2, 0) is 4.79 Å². The Kier molecular flexibility index (Phi) is 3.16. The second-order valence-electron chi connectivity index (χ2n) is 9.11. The van der Waals surface area contributed by atoms with Crippen molar-refractivity contribution in [3.63, 3.8) is 0 Å². The van der Waals surface area contributed by atoms with Crippen LogP contribution in [-0.4, -0.2) is 38.9 Å². The molecule has 0 aliphatic heterocycles. The molecule has 1 spiro atoms. The number of Topliss-reactive ketones (excluding diaryl/α,β-unsaturated/α-hetero) is 1. The van der Waals surface area contributed by atoms with Crippen LogP contribution in [0.1, 0.15) is 46.5 Å². The predicted octanol–water partition coefficient (Wildman–Crippen LogP) is 1.99. The van der Waals surface area contributed by atoms with Gasteiger partial charge in [0.15, 0.2) is 0 Å². The van der Waals surface area contributed by atoms with Crippen LogP contribution >= 0.6 is 0 Å². The van der Waals surface area contributed by atoms with E-state index in [0.29, 0.717) is 0 Å². The highest BCUT2D eigenvalue weighted by Crippen LogP contribution is 2.65. The number of fused-ring (bicyclic) bond motifs is 2. The summed E-state index contributed by atoms with van der Waals surface area (Å²) in [6.45, 7) is 9.80. The van der Waals surface area contributed by atoms with E-state index in [0.717, 1.165) is 18.4 Å². The summed E-state index contributed by atoms with van der Waals surface area (Å²) in [4.78, 5) is 12.5. The van der Waals surface area contributed by atoms with Crippen molar-refractivity contribution in [3.05, 3.63) is 23.8 Å². The van der Waals surface area contributed by atoms with Gasteiger partial charge in [0.2, 0.25) is 0 Å². The molecule has 4 heteroatoms. The molecule has 0 aromatic carbocycles. The van der Waals surface area contributed by atoms with Crippen molar-refractivity contribution in [2.75, 3.05) is 0 Å². The summed E-state index contributed by atoms with van der Waals surface area (Å²) < 4.78 is 0. The first-order valence-electron chi connectivity index (χ1n) is 9.07. The minimum Gasteiger partial charge on any atom is -0.392 e. The molecule has 2 bridgehead atoms. The highest BCUT2D eigenvalue weighted by molar-refractivity contribution is 5.89. The van der Waals surface area contributed by atoms with Crippen molar-refractivity contribution < 1.29 is 20.1 Å². The van der Waals surface area contributed by atoms with E-state index in [9.17, 15) is 20.1 Å². The lowest BCUT2D eigenvalue weighted by Gasteiger charge is -2.46. The monoisotopic (exact) mass is 332 g/mol. The summed E-state index contributed by atoms with van der Waals surface area (Å²) in [5, 5.41) is 33.6. The van der Waals surface area contributed by atoms with Crippen LogP contribution in [0.4, 0.5) is 0 Å². The number of hydrogen-bond acceptors (Lipinski definition) is 4. The molecule has 0 unspecified atom stereocenters. The van der Waals surface area contributed by atoms with Gasteiger partial charge in [-0.15, -0.1) is 0 Å². The van der Waals surface area contributed by atoms with Crippen LogP contribution < -0.4 is 0 Å². The summed E-state index contributed by atoms with van der Waals surface area (Å²) in [5.74, 6) is -0.295. The van der Waals surface area contributed by atoms with Gasteiger partial charge in [0.05, 0.1) is 17.6 Å². The molecule has 0 radical (unpaired) electrons. The second-order valence-corrected chi connectivity index (χ2v) is 9.11. The number of rotatable bonds is 0. The minimum atomic E-state index is -1.51. The third kappa shape index (κ3) is 1.58. The molecule has 4 rings (SSSR count). The summed E-state index contributed by atoms with van der Waals surface area (Å²) >= 11 is 0. The van der Waals surface area contributed by atoms with Gasteiger partial charge in [-0.05, 0) is 32.1 Å². The Morgan fingerprint density at radius 3 is 2.54 bits per heavy atom. The van der Waals surface area contributed by atoms with Crippen molar-refractivity contribution in [2.45, 2.75) is 64.3 Å². The van der Waals surface area contributed by atoms with Crippen molar-refractivity contribution in [1.82, 2.24) is 0 Å². The maximum atomic E-state index is 12.5. The second kappa shape index (κ2) is 4.60. The molecule has 0 heterocycles. The van der Waals surface area contributed by atoms with Crippen LogP contribution in [0.15, 0.2) is 23.8 Å². The van der Waals surface area contributed by atoms with Gasteiger partial charge in [-0.25, -0.2) is 0 Å². The van der Waals surface area contributed by atoms with Crippen LogP contribution in [0.3, 0.4) is 0 Å². The molecule has 0 saturated heterocycles. The SMILES string of the molecule is C=C1[C@H]2CC[C@H]3C(C)=C[C@]2(C[C@@H](O)[C@@]2(O)[C@H]1CC(=O)C2(C)C)[C@H]3O. The first-order chi connectivity index (χ1) is 11.1. The lowest BCUT2D eigenvalue weighted by Crippen LogP contribution is -2.56. The third-order valence-corrected chi connectivity index (χ3v) is 8.00. The molecule has 0 aromatic rings. The van der Waals surface area contributed by atoms with Crippen molar-refractivity contribution in [2.24, 2.45) is 28.6 Å². The van der Waals surface area contributed by atoms with E-state index < -0.39 is 34.6 Å². The number of hydrogen-bond donors (Lipinski definition) is 3. The van der Waals surface area contributed by atoms with E-state index >= 15 is 0 Å². The van der Waals surface area contributed by atoms with Gasteiger partial charge in [-0.1, -0.05) is 37.6 Å². The van der Waals surface area contributed by atoms with Crippen LogP contribution in [0.2, 0.25) is 0 Å². The molecular weight excluding hydrogens is 304 g/mol. The molecule has 3 N–H and O–H groups in total. The molecule has 3 fully saturated rings. The lowest BCUT2D eigenvalue weighted by molar-refractivity contribution is -0.165. The van der Waals surface area contributed by atoms with Gasteiger partial charge < -0.3 is 15.3 Å². The topological polar surface area (TPSA) is 77.8 Å². The highest BCUT2D eigenvalue weighted by atomic mass is 16.3. The molecule has 4 aliphatic rings. The van der Waals surface area contributed by atoms with E-state index in [-0.39, 0.29) is 30.5 Å². The third-order valence-electron chi connectivity index (χ3n) is 8.00. The Morgan fingerprint density at radius 1 is 1.21 bits per heavy atom. The highest BCUT2D eigenvalue weighted by Gasteiger charge is 2.69. The summed E-state index contributed by atoms with van der Waals surface area (Å²) in [6.07, 6.45) is 2.85. The molecule has 7 atom stereocenters. The minimum absolute atomic E-state index is 0.0107. The predicted molar refractivity (Wildman–Crippen MR) is 90.0 cm³/mol. The van der Waals surface area contributed by atoms with Gasteiger partial charge in [0, 0.05) is 23.7 Å². The molecule has 4 nitrogen and oxygen atoms in total. The Bertz CT molecular complexity index is 663. The fourth-order valence-corrected chi connectivity index (χ4v) is 6.45. The number of carbonyl (C=O) groups is 1. The average molecular weight is 332 g/mol. The van der Waals surface area contributed by atoms with Gasteiger partial charge in [-0.3, -0.25) is 4.79 Å². The number of aliphatic hydroxyl groups is 3. The number of carbonyl (C=O) groups excluding carboxylic acids is 1. The zero-order valence-corrected chi connectivity index (χ0v) is 14.7. The van der Waals surface area contributed by atoms with Crippen molar-refractivity contribution >= 4 is 5.78 Å². The first kappa shape index (κ1) is 16.5. The standard InChI is InChI=1S/C20H28O4/c1-10-8-19-9-16(22)20(24)14(7-15(21)18(20,3)4)11(2)13(19)6-5-12(10)17(19)23/h8,12-14,16-17,22-24H,2,5-7,9H2,1,3-4H3/t12-,13+,14-,16+,17-,19+,20-/m0/s1. The van der Waals surface area contributed by atoms with Gasteiger partial charge in [0.1, 0.15) is 11.4 Å². The zero-order chi connectivity index (χ0) is 17.7. The number of ketones is 1. The first-order valence-corrected chi connectivity index (χ1v) is 9.07. The van der Waals surface area contributed by atoms with E-state index in [1.165, 1.54) is 5.57 Å². The van der Waals surface area contributed by atoms with Crippen molar-refractivity contribution in [3.8, 4) is 0 Å².